The van der Waals surface area contributed by atoms with Crippen LogP contribution in [0.15, 0.2) is 24.3 Å². The van der Waals surface area contributed by atoms with Crippen LogP contribution in [0.25, 0.3) is 0 Å². The Hall–Kier alpha value is -1.35. The van der Waals surface area contributed by atoms with Crippen molar-refractivity contribution in [2.75, 3.05) is 13.2 Å². The average molecular weight is 247 g/mol. The molecule has 0 unspecified atom stereocenters. The van der Waals surface area contributed by atoms with E-state index in [-0.39, 0.29) is 18.6 Å². The molecule has 1 aromatic rings. The van der Waals surface area contributed by atoms with Crippen LogP contribution in [0, 0.1) is 0 Å². The third kappa shape index (κ3) is 2.56. The third-order valence-electron chi connectivity index (χ3n) is 3.67. The van der Waals surface area contributed by atoms with Crippen LogP contribution in [0.3, 0.4) is 0 Å². The van der Waals surface area contributed by atoms with E-state index in [2.05, 4.69) is 13.8 Å². The number of aliphatic hydroxyl groups is 1. The van der Waals surface area contributed by atoms with Crippen LogP contribution in [0.2, 0.25) is 0 Å². The number of aliphatic hydroxyl groups excluding tert-OH is 1. The van der Waals surface area contributed by atoms with Gasteiger partial charge >= 0.3 is 0 Å². The van der Waals surface area contributed by atoms with Crippen molar-refractivity contribution in [2.24, 2.45) is 0 Å². The van der Waals surface area contributed by atoms with Gasteiger partial charge in [0.15, 0.2) is 0 Å². The van der Waals surface area contributed by atoms with Crippen LogP contribution in [-0.4, -0.2) is 35.1 Å². The molecule has 2 rings (SSSR count). The van der Waals surface area contributed by atoms with Crippen LogP contribution < -0.4 is 0 Å². The van der Waals surface area contributed by atoms with E-state index in [0.29, 0.717) is 5.92 Å². The predicted octanol–water partition coefficient (Wildman–Crippen LogP) is 2.41. The van der Waals surface area contributed by atoms with E-state index < -0.39 is 0 Å². The minimum absolute atomic E-state index is 0.00211. The normalized spacial score (nSPS) is 19.6. The SMILES string of the molecule is CC(C)c1ccc(C(=O)N2CCC[C@H]2CO)cc1. The molecule has 0 radical (unpaired) electrons. The lowest BCUT2D eigenvalue weighted by molar-refractivity contribution is 0.0677. The molecule has 1 heterocycles. The predicted molar refractivity (Wildman–Crippen MR) is 71.7 cm³/mol. The molecule has 18 heavy (non-hydrogen) atoms. The second-order valence-electron chi connectivity index (χ2n) is 5.25. The zero-order valence-electron chi connectivity index (χ0n) is 11.1. The Bertz CT molecular complexity index is 411. The molecule has 1 saturated heterocycles. The fraction of sp³-hybridized carbons (Fsp3) is 0.533. The largest absolute Gasteiger partial charge is 0.394 e. The average Bonchev–Trinajstić information content (AvgIpc) is 2.86. The van der Waals surface area contributed by atoms with Gasteiger partial charge in [0.25, 0.3) is 5.91 Å². The summed E-state index contributed by atoms with van der Waals surface area (Å²) in [5.74, 6) is 0.521. The standard InChI is InChI=1S/C15H21NO2/c1-11(2)12-5-7-13(8-6-12)15(18)16-9-3-4-14(16)10-17/h5-8,11,14,17H,3-4,9-10H2,1-2H3/t14-/m0/s1. The summed E-state index contributed by atoms with van der Waals surface area (Å²) >= 11 is 0. The summed E-state index contributed by atoms with van der Waals surface area (Å²) in [6.07, 6.45) is 1.90. The number of nitrogens with zero attached hydrogens (tertiary/aromatic N) is 1. The maximum Gasteiger partial charge on any atom is 0.254 e. The first kappa shape index (κ1) is 13.1. The Kier molecular flexibility index (Phi) is 4.02. The molecule has 0 aromatic heterocycles. The number of carbonyl (C=O) groups is 1. The molecule has 1 aliphatic heterocycles. The van der Waals surface area contributed by atoms with Gasteiger partial charge < -0.3 is 10.0 Å². The number of carbonyl (C=O) groups excluding carboxylic acids is 1. The molecule has 1 aromatic carbocycles. The molecule has 3 nitrogen and oxygen atoms in total. The maximum absolute atomic E-state index is 12.3. The highest BCUT2D eigenvalue weighted by atomic mass is 16.3. The molecule has 1 aliphatic rings. The van der Waals surface area contributed by atoms with Gasteiger partial charge in [0.2, 0.25) is 0 Å². The van der Waals surface area contributed by atoms with E-state index in [9.17, 15) is 9.90 Å². The van der Waals surface area contributed by atoms with Crippen LogP contribution in [0.1, 0.15) is 48.5 Å². The fourth-order valence-corrected chi connectivity index (χ4v) is 2.47. The smallest absolute Gasteiger partial charge is 0.254 e. The lowest BCUT2D eigenvalue weighted by Gasteiger charge is -2.23. The quantitative estimate of drug-likeness (QED) is 0.891. The Morgan fingerprint density at radius 3 is 2.61 bits per heavy atom. The summed E-state index contributed by atoms with van der Waals surface area (Å²) in [7, 11) is 0. The highest BCUT2D eigenvalue weighted by Crippen LogP contribution is 2.21. The second-order valence-corrected chi connectivity index (χ2v) is 5.25. The molecule has 0 saturated carbocycles. The molecule has 0 spiro atoms. The summed E-state index contributed by atoms with van der Waals surface area (Å²) in [4.78, 5) is 14.1. The molecule has 1 N–H and O–H groups in total. The molecule has 0 aliphatic carbocycles. The van der Waals surface area contributed by atoms with E-state index in [1.54, 1.807) is 4.90 Å². The van der Waals surface area contributed by atoms with Crippen molar-refractivity contribution in [1.82, 2.24) is 4.90 Å². The minimum Gasteiger partial charge on any atom is -0.394 e. The van der Waals surface area contributed by atoms with Crippen LogP contribution in [-0.2, 0) is 0 Å². The van der Waals surface area contributed by atoms with Crippen molar-refractivity contribution in [3.05, 3.63) is 35.4 Å². The molecule has 1 atom stereocenters. The number of benzene rings is 1. The van der Waals surface area contributed by atoms with Gasteiger partial charge in [-0.25, -0.2) is 0 Å². The Labute approximate surface area is 108 Å². The monoisotopic (exact) mass is 247 g/mol. The van der Waals surface area contributed by atoms with Crippen molar-refractivity contribution >= 4 is 5.91 Å². The molecule has 1 amide bonds. The van der Waals surface area contributed by atoms with Crippen molar-refractivity contribution in [2.45, 2.75) is 38.6 Å². The zero-order chi connectivity index (χ0) is 13.1. The van der Waals surface area contributed by atoms with Crippen LogP contribution >= 0.6 is 0 Å². The van der Waals surface area contributed by atoms with Crippen LogP contribution in [0.4, 0.5) is 0 Å². The summed E-state index contributed by atoms with van der Waals surface area (Å²) in [5.41, 5.74) is 1.96. The lowest BCUT2D eigenvalue weighted by atomic mass is 10.0. The Morgan fingerprint density at radius 1 is 1.39 bits per heavy atom. The van der Waals surface area contributed by atoms with Gasteiger partial charge in [-0.15, -0.1) is 0 Å². The van der Waals surface area contributed by atoms with E-state index in [0.717, 1.165) is 24.9 Å². The summed E-state index contributed by atoms with van der Waals surface area (Å²) in [6, 6.07) is 7.82. The fourth-order valence-electron chi connectivity index (χ4n) is 2.47. The molecule has 98 valence electrons. The summed E-state index contributed by atoms with van der Waals surface area (Å²) < 4.78 is 0. The molecule has 1 fully saturated rings. The number of amides is 1. The summed E-state index contributed by atoms with van der Waals surface area (Å²) in [6.45, 7) is 5.10. The van der Waals surface area contributed by atoms with Crippen molar-refractivity contribution in [3.8, 4) is 0 Å². The molecular formula is C15H21NO2. The van der Waals surface area contributed by atoms with Crippen molar-refractivity contribution in [3.63, 3.8) is 0 Å². The highest BCUT2D eigenvalue weighted by Gasteiger charge is 2.28. The number of likely N-dealkylation sites (tertiary alicyclic amines) is 1. The van der Waals surface area contributed by atoms with Crippen LogP contribution in [0.5, 0.6) is 0 Å². The van der Waals surface area contributed by atoms with Gasteiger partial charge in [0, 0.05) is 12.1 Å². The Balaban J connectivity index is 2.13. The molecular weight excluding hydrogens is 226 g/mol. The number of hydrogen-bond acceptors (Lipinski definition) is 2. The first-order valence-corrected chi connectivity index (χ1v) is 6.65. The molecule has 0 bridgehead atoms. The molecule has 3 heteroatoms. The van der Waals surface area contributed by atoms with Gasteiger partial charge in [0.05, 0.1) is 12.6 Å². The second kappa shape index (κ2) is 5.53. The first-order valence-electron chi connectivity index (χ1n) is 6.65. The number of hydrogen-bond donors (Lipinski definition) is 1. The topological polar surface area (TPSA) is 40.5 Å². The third-order valence-corrected chi connectivity index (χ3v) is 3.67. The first-order chi connectivity index (χ1) is 8.63. The van der Waals surface area contributed by atoms with E-state index in [1.807, 2.05) is 24.3 Å². The van der Waals surface area contributed by atoms with E-state index in [4.69, 9.17) is 0 Å². The number of rotatable bonds is 3. The van der Waals surface area contributed by atoms with Gasteiger partial charge in [-0.2, -0.15) is 0 Å². The Morgan fingerprint density at radius 2 is 2.06 bits per heavy atom. The van der Waals surface area contributed by atoms with Gasteiger partial charge in [-0.1, -0.05) is 26.0 Å². The zero-order valence-corrected chi connectivity index (χ0v) is 11.1. The lowest BCUT2D eigenvalue weighted by Crippen LogP contribution is -2.37. The van der Waals surface area contributed by atoms with Gasteiger partial charge in [0.1, 0.15) is 0 Å². The highest BCUT2D eigenvalue weighted by molar-refractivity contribution is 5.94. The van der Waals surface area contributed by atoms with E-state index in [1.165, 1.54) is 5.56 Å². The maximum atomic E-state index is 12.3. The summed E-state index contributed by atoms with van der Waals surface area (Å²) in [5, 5.41) is 9.26. The minimum atomic E-state index is 0.00211. The van der Waals surface area contributed by atoms with Gasteiger partial charge in [-0.3, -0.25) is 4.79 Å². The van der Waals surface area contributed by atoms with Crippen molar-refractivity contribution < 1.29 is 9.90 Å². The van der Waals surface area contributed by atoms with Gasteiger partial charge in [-0.05, 0) is 36.5 Å². The van der Waals surface area contributed by atoms with E-state index >= 15 is 0 Å². The van der Waals surface area contributed by atoms with Crippen molar-refractivity contribution in [1.29, 1.82) is 0 Å².